The maximum Gasteiger partial charge on any atom is 0.259 e. The van der Waals surface area contributed by atoms with E-state index in [2.05, 4.69) is 21.8 Å². The van der Waals surface area contributed by atoms with Crippen LogP contribution in [0.3, 0.4) is 0 Å². The van der Waals surface area contributed by atoms with Crippen LogP contribution in [-0.2, 0) is 4.79 Å². The third kappa shape index (κ3) is 4.63. The van der Waals surface area contributed by atoms with Crippen LogP contribution in [0.25, 0.3) is 10.8 Å². The number of terminal acetylenes is 1. The molecule has 0 radical (unpaired) electrons. The Morgan fingerprint density at radius 2 is 1.97 bits per heavy atom. The molecule has 1 aliphatic heterocycles. The molecule has 2 amide bonds. The van der Waals surface area contributed by atoms with Gasteiger partial charge >= 0.3 is 0 Å². The quantitative estimate of drug-likeness (QED) is 0.342. The van der Waals surface area contributed by atoms with Crippen LogP contribution in [-0.4, -0.2) is 38.0 Å². The Morgan fingerprint density at radius 3 is 2.84 bits per heavy atom. The first-order chi connectivity index (χ1) is 15.7. The summed E-state index contributed by atoms with van der Waals surface area (Å²) < 4.78 is 16.1. The number of carbonyl (C=O) groups excluding carboxylic acids is 2. The number of nitrogens with zero attached hydrogens (tertiary/aromatic N) is 1. The van der Waals surface area contributed by atoms with E-state index in [1.54, 1.807) is 24.3 Å². The van der Waals surface area contributed by atoms with Crippen molar-refractivity contribution < 1.29 is 23.8 Å². The lowest BCUT2D eigenvalue weighted by Crippen LogP contribution is -2.34. The van der Waals surface area contributed by atoms with E-state index >= 15 is 0 Å². The fourth-order valence-electron chi connectivity index (χ4n) is 3.16. The summed E-state index contributed by atoms with van der Waals surface area (Å²) in [6, 6.07) is 16.2. The van der Waals surface area contributed by atoms with Crippen LogP contribution in [0.1, 0.15) is 15.9 Å². The number of fused-ring (bicyclic) bond motifs is 2. The maximum atomic E-state index is 12.3. The molecule has 0 spiro atoms. The van der Waals surface area contributed by atoms with Gasteiger partial charge in [0.25, 0.3) is 11.8 Å². The van der Waals surface area contributed by atoms with Crippen LogP contribution in [0.5, 0.6) is 17.2 Å². The number of rotatable bonds is 7. The number of carbonyl (C=O) groups is 2. The van der Waals surface area contributed by atoms with Crippen molar-refractivity contribution in [3.05, 3.63) is 65.7 Å². The van der Waals surface area contributed by atoms with Gasteiger partial charge < -0.3 is 19.5 Å². The van der Waals surface area contributed by atoms with E-state index < -0.39 is 11.8 Å². The SMILES string of the molecule is C#CCOc1ccc2ccccc2c1C=NNC(=O)CNC(=O)c1ccc2c(c1)OCO2. The van der Waals surface area contributed by atoms with Gasteiger partial charge in [0.1, 0.15) is 12.4 Å². The standard InChI is InChI=1S/C24H19N3O5/c1-2-11-30-20-9-7-16-5-3-4-6-18(16)19(20)13-26-27-23(28)14-25-24(29)17-8-10-21-22(12-17)32-15-31-21/h1,3-10,12-13H,11,14-15H2,(H,25,29)(H,27,28). The molecule has 160 valence electrons. The topological polar surface area (TPSA) is 98.2 Å². The van der Waals surface area contributed by atoms with Crippen molar-refractivity contribution in [3.8, 4) is 29.6 Å². The molecule has 0 fully saturated rings. The molecule has 32 heavy (non-hydrogen) atoms. The van der Waals surface area contributed by atoms with Crippen LogP contribution in [0, 0.1) is 12.3 Å². The zero-order valence-electron chi connectivity index (χ0n) is 17.0. The number of hydrazone groups is 1. The van der Waals surface area contributed by atoms with Crippen molar-refractivity contribution in [3.63, 3.8) is 0 Å². The summed E-state index contributed by atoms with van der Waals surface area (Å²) >= 11 is 0. The zero-order valence-corrected chi connectivity index (χ0v) is 17.0. The minimum Gasteiger partial charge on any atom is -0.480 e. The van der Waals surface area contributed by atoms with Gasteiger partial charge in [-0.15, -0.1) is 6.42 Å². The molecule has 3 aromatic carbocycles. The molecule has 0 saturated heterocycles. The van der Waals surface area contributed by atoms with Crippen molar-refractivity contribution in [1.29, 1.82) is 0 Å². The molecule has 0 aromatic heterocycles. The molecule has 1 aliphatic rings. The van der Waals surface area contributed by atoms with E-state index in [-0.39, 0.29) is 19.9 Å². The maximum absolute atomic E-state index is 12.3. The van der Waals surface area contributed by atoms with Gasteiger partial charge in [-0.2, -0.15) is 5.10 Å². The van der Waals surface area contributed by atoms with E-state index in [1.807, 2.05) is 30.3 Å². The monoisotopic (exact) mass is 429 g/mol. The highest BCUT2D eigenvalue weighted by Gasteiger charge is 2.16. The Hall–Kier alpha value is -4.51. The van der Waals surface area contributed by atoms with Gasteiger partial charge in [-0.05, 0) is 35.0 Å². The van der Waals surface area contributed by atoms with Gasteiger partial charge in [0, 0.05) is 11.1 Å². The second-order valence-corrected chi connectivity index (χ2v) is 6.74. The molecular weight excluding hydrogens is 410 g/mol. The lowest BCUT2D eigenvalue weighted by molar-refractivity contribution is -0.120. The van der Waals surface area contributed by atoms with Gasteiger partial charge in [0.2, 0.25) is 6.79 Å². The molecule has 3 aromatic rings. The van der Waals surface area contributed by atoms with Crippen LogP contribution in [0.2, 0.25) is 0 Å². The normalized spacial score (nSPS) is 11.8. The molecule has 0 unspecified atom stereocenters. The van der Waals surface area contributed by atoms with Gasteiger partial charge in [-0.3, -0.25) is 9.59 Å². The average molecular weight is 429 g/mol. The number of benzene rings is 3. The molecule has 0 atom stereocenters. The van der Waals surface area contributed by atoms with Crippen LogP contribution in [0.4, 0.5) is 0 Å². The molecule has 4 rings (SSSR count). The summed E-state index contributed by atoms with van der Waals surface area (Å²) in [7, 11) is 0. The van der Waals surface area contributed by atoms with Gasteiger partial charge in [-0.1, -0.05) is 36.3 Å². The van der Waals surface area contributed by atoms with E-state index in [0.717, 1.165) is 10.8 Å². The molecule has 0 saturated carbocycles. The third-order valence-electron chi connectivity index (χ3n) is 4.67. The number of hydrogen-bond acceptors (Lipinski definition) is 6. The summed E-state index contributed by atoms with van der Waals surface area (Å²) in [5.74, 6) is 3.15. The number of hydrogen-bond donors (Lipinski definition) is 2. The van der Waals surface area contributed by atoms with Crippen molar-refractivity contribution >= 4 is 28.8 Å². The first kappa shape index (κ1) is 20.8. The summed E-state index contributed by atoms with van der Waals surface area (Å²) in [5, 5.41) is 8.44. The third-order valence-corrected chi connectivity index (χ3v) is 4.67. The van der Waals surface area contributed by atoms with E-state index in [4.69, 9.17) is 20.6 Å². The van der Waals surface area contributed by atoms with Gasteiger partial charge in [-0.25, -0.2) is 5.43 Å². The molecule has 8 heteroatoms. The van der Waals surface area contributed by atoms with Crippen LogP contribution < -0.4 is 25.0 Å². The Bertz CT molecular complexity index is 1250. The molecule has 8 nitrogen and oxygen atoms in total. The first-order valence-corrected chi connectivity index (χ1v) is 9.73. The Kier molecular flexibility index (Phi) is 6.18. The minimum atomic E-state index is -0.485. The van der Waals surface area contributed by atoms with Crippen LogP contribution >= 0.6 is 0 Å². The predicted octanol–water partition coefficient (Wildman–Crippen LogP) is 2.46. The van der Waals surface area contributed by atoms with Crippen molar-refractivity contribution in [1.82, 2.24) is 10.7 Å². The van der Waals surface area contributed by atoms with Crippen molar-refractivity contribution in [2.45, 2.75) is 0 Å². The summed E-state index contributed by atoms with van der Waals surface area (Å²) in [4.78, 5) is 24.4. The molecule has 1 heterocycles. The fourth-order valence-corrected chi connectivity index (χ4v) is 3.16. The van der Waals surface area contributed by atoms with Gasteiger partial charge in [0.05, 0.1) is 12.8 Å². The minimum absolute atomic E-state index is 0.109. The van der Waals surface area contributed by atoms with Crippen LogP contribution in [0.15, 0.2) is 59.7 Å². The number of nitrogens with one attached hydrogen (secondary N) is 2. The van der Waals surface area contributed by atoms with Crippen molar-refractivity contribution in [2.24, 2.45) is 5.10 Å². The average Bonchev–Trinajstić information content (AvgIpc) is 3.29. The second-order valence-electron chi connectivity index (χ2n) is 6.74. The Balaban J connectivity index is 1.38. The first-order valence-electron chi connectivity index (χ1n) is 9.73. The largest absolute Gasteiger partial charge is 0.480 e. The Labute approximate surface area is 184 Å². The highest BCUT2D eigenvalue weighted by Crippen LogP contribution is 2.32. The highest BCUT2D eigenvalue weighted by atomic mass is 16.7. The van der Waals surface area contributed by atoms with E-state index in [1.165, 1.54) is 6.21 Å². The number of ether oxygens (including phenoxy) is 3. The summed E-state index contributed by atoms with van der Waals surface area (Å²) in [6.07, 6.45) is 6.78. The lowest BCUT2D eigenvalue weighted by atomic mass is 10.0. The smallest absolute Gasteiger partial charge is 0.259 e. The summed E-state index contributed by atoms with van der Waals surface area (Å²) in [6.45, 7) is -0.0228. The lowest BCUT2D eigenvalue weighted by Gasteiger charge is -2.10. The highest BCUT2D eigenvalue weighted by molar-refractivity contribution is 6.03. The molecule has 2 N–H and O–H groups in total. The molecular formula is C24H19N3O5. The zero-order chi connectivity index (χ0) is 22.3. The van der Waals surface area contributed by atoms with Crippen molar-refractivity contribution in [2.75, 3.05) is 19.9 Å². The number of amides is 2. The Morgan fingerprint density at radius 1 is 1.12 bits per heavy atom. The predicted molar refractivity (Wildman–Crippen MR) is 119 cm³/mol. The fraction of sp³-hybridized carbons (Fsp3) is 0.125. The van der Waals surface area contributed by atoms with Gasteiger partial charge in [0.15, 0.2) is 11.5 Å². The summed E-state index contributed by atoms with van der Waals surface area (Å²) in [5.41, 5.74) is 3.44. The van der Waals surface area contributed by atoms with E-state index in [0.29, 0.717) is 28.4 Å². The molecule has 0 aliphatic carbocycles. The van der Waals surface area contributed by atoms with E-state index in [9.17, 15) is 9.59 Å². The second kappa shape index (κ2) is 9.53. The molecule has 0 bridgehead atoms.